The molecule has 1 fully saturated rings. The lowest BCUT2D eigenvalue weighted by Gasteiger charge is -2.06. The summed E-state index contributed by atoms with van der Waals surface area (Å²) in [5, 5.41) is 13.6. The number of rotatable bonds is 3. The zero-order valence-electron chi connectivity index (χ0n) is 9.68. The van der Waals surface area contributed by atoms with Crippen molar-refractivity contribution in [2.75, 3.05) is 0 Å². The van der Waals surface area contributed by atoms with Gasteiger partial charge in [-0.1, -0.05) is 11.6 Å². The monoisotopic (exact) mass is 341 g/mol. The molecule has 1 heterocycles. The molecule has 1 aromatic carbocycles. The second-order valence-electron chi connectivity index (χ2n) is 4.38. The molecule has 0 radical (unpaired) electrons. The van der Waals surface area contributed by atoms with Gasteiger partial charge in [-0.05, 0) is 47.0 Å². The molecule has 98 valence electrons. The largest absolute Gasteiger partial charge is 0.475 e. The van der Waals surface area contributed by atoms with Crippen molar-refractivity contribution >= 4 is 33.5 Å². The molecule has 1 aliphatic carbocycles. The van der Waals surface area contributed by atoms with Gasteiger partial charge in [0.15, 0.2) is 0 Å². The van der Waals surface area contributed by atoms with Crippen LogP contribution in [0.2, 0.25) is 5.02 Å². The van der Waals surface area contributed by atoms with Gasteiger partial charge in [0.25, 0.3) is 5.82 Å². The Balaban J connectivity index is 2.12. The molecule has 1 saturated carbocycles. The molecule has 3 rings (SSSR count). The quantitative estimate of drug-likeness (QED) is 0.929. The van der Waals surface area contributed by atoms with E-state index in [1.54, 1.807) is 16.8 Å². The predicted molar refractivity (Wildman–Crippen MR) is 73.0 cm³/mol. The van der Waals surface area contributed by atoms with Crippen molar-refractivity contribution in [3.63, 3.8) is 0 Å². The summed E-state index contributed by atoms with van der Waals surface area (Å²) in [6, 6.07) is 5.36. The van der Waals surface area contributed by atoms with Gasteiger partial charge in [-0.25, -0.2) is 14.5 Å². The van der Waals surface area contributed by atoms with E-state index in [2.05, 4.69) is 26.0 Å². The predicted octanol–water partition coefficient (Wildman–Crippen LogP) is 3.26. The summed E-state index contributed by atoms with van der Waals surface area (Å²) in [5.41, 5.74) is 0.718. The molecule has 1 aliphatic rings. The van der Waals surface area contributed by atoms with Crippen molar-refractivity contribution in [2.45, 2.75) is 18.8 Å². The molecule has 19 heavy (non-hydrogen) atoms. The Bertz CT molecular complexity index is 667. The third kappa shape index (κ3) is 2.37. The lowest BCUT2D eigenvalue weighted by molar-refractivity contribution is 0.0683. The number of aromatic carboxylic acids is 1. The average molecular weight is 343 g/mol. The SMILES string of the molecule is O=C(O)c1nc(C2CC2)n(-c2ccc(Br)c(Cl)c2)n1. The molecule has 0 unspecified atom stereocenters. The first kappa shape index (κ1) is 12.6. The minimum absolute atomic E-state index is 0.180. The van der Waals surface area contributed by atoms with Crippen LogP contribution in [-0.2, 0) is 0 Å². The van der Waals surface area contributed by atoms with Crippen LogP contribution >= 0.6 is 27.5 Å². The van der Waals surface area contributed by atoms with Crippen molar-refractivity contribution in [1.29, 1.82) is 0 Å². The molecular formula is C12H9BrClN3O2. The van der Waals surface area contributed by atoms with E-state index < -0.39 is 5.97 Å². The van der Waals surface area contributed by atoms with E-state index in [-0.39, 0.29) is 5.82 Å². The highest BCUT2D eigenvalue weighted by Crippen LogP contribution is 2.40. The van der Waals surface area contributed by atoms with Crippen LogP contribution < -0.4 is 0 Å². The van der Waals surface area contributed by atoms with Crippen molar-refractivity contribution in [1.82, 2.24) is 14.8 Å². The first-order valence-electron chi connectivity index (χ1n) is 5.72. The van der Waals surface area contributed by atoms with Gasteiger partial charge in [0.2, 0.25) is 0 Å². The average Bonchev–Trinajstić information content (AvgIpc) is 3.11. The maximum absolute atomic E-state index is 11.0. The summed E-state index contributed by atoms with van der Waals surface area (Å²) in [5.74, 6) is -0.316. The van der Waals surface area contributed by atoms with Gasteiger partial charge in [-0.2, -0.15) is 0 Å². The first-order valence-corrected chi connectivity index (χ1v) is 6.89. The van der Waals surface area contributed by atoms with Crippen LogP contribution in [0.1, 0.15) is 35.2 Å². The second kappa shape index (κ2) is 4.61. The maximum Gasteiger partial charge on any atom is 0.375 e. The molecule has 0 saturated heterocycles. The van der Waals surface area contributed by atoms with Gasteiger partial charge < -0.3 is 5.11 Å². The normalized spacial score (nSPS) is 14.6. The number of hydrogen-bond donors (Lipinski definition) is 1. The molecule has 0 amide bonds. The summed E-state index contributed by atoms with van der Waals surface area (Å²) in [6.45, 7) is 0. The molecule has 1 N–H and O–H groups in total. The molecule has 0 spiro atoms. The summed E-state index contributed by atoms with van der Waals surface area (Å²) in [4.78, 5) is 15.1. The smallest absolute Gasteiger partial charge is 0.375 e. The summed E-state index contributed by atoms with van der Waals surface area (Å²) in [6.07, 6.45) is 2.03. The Labute approximate surface area is 122 Å². The van der Waals surface area contributed by atoms with E-state index in [9.17, 15) is 4.79 Å². The topological polar surface area (TPSA) is 68.0 Å². The fourth-order valence-electron chi connectivity index (χ4n) is 1.83. The summed E-state index contributed by atoms with van der Waals surface area (Å²) < 4.78 is 2.35. The number of carboxylic acid groups (broad SMARTS) is 1. The summed E-state index contributed by atoms with van der Waals surface area (Å²) >= 11 is 9.37. The van der Waals surface area contributed by atoms with E-state index in [0.717, 1.165) is 23.0 Å². The minimum atomic E-state index is -1.12. The number of benzene rings is 1. The van der Waals surface area contributed by atoms with Gasteiger partial charge in [-0.3, -0.25) is 0 Å². The molecule has 2 aromatic rings. The van der Waals surface area contributed by atoms with Crippen LogP contribution in [0.5, 0.6) is 0 Å². The standard InChI is InChI=1S/C12H9BrClN3O2/c13-8-4-3-7(5-9(8)14)17-11(6-1-2-6)15-10(16-17)12(18)19/h3-6H,1-2H2,(H,18,19). The Morgan fingerprint density at radius 2 is 2.21 bits per heavy atom. The highest BCUT2D eigenvalue weighted by atomic mass is 79.9. The van der Waals surface area contributed by atoms with Gasteiger partial charge in [0.1, 0.15) is 5.82 Å². The molecule has 5 nitrogen and oxygen atoms in total. The van der Waals surface area contributed by atoms with Crippen LogP contribution in [0, 0.1) is 0 Å². The number of carbonyl (C=O) groups is 1. The van der Waals surface area contributed by atoms with Crippen molar-refractivity contribution in [3.05, 3.63) is 39.3 Å². The number of halogens is 2. The van der Waals surface area contributed by atoms with E-state index in [4.69, 9.17) is 16.7 Å². The fraction of sp³-hybridized carbons (Fsp3) is 0.250. The van der Waals surface area contributed by atoms with Crippen LogP contribution in [0.4, 0.5) is 0 Å². The zero-order valence-corrected chi connectivity index (χ0v) is 12.0. The van der Waals surface area contributed by atoms with Crippen molar-refractivity contribution in [2.24, 2.45) is 0 Å². The van der Waals surface area contributed by atoms with Crippen LogP contribution in [-0.4, -0.2) is 25.8 Å². The first-order chi connectivity index (χ1) is 9.06. The maximum atomic E-state index is 11.0. The van der Waals surface area contributed by atoms with E-state index >= 15 is 0 Å². The number of carboxylic acids is 1. The highest BCUT2D eigenvalue weighted by Gasteiger charge is 2.31. The van der Waals surface area contributed by atoms with Crippen molar-refractivity contribution in [3.8, 4) is 5.69 Å². The number of aromatic nitrogens is 3. The summed E-state index contributed by atoms with van der Waals surface area (Å²) in [7, 11) is 0. The highest BCUT2D eigenvalue weighted by molar-refractivity contribution is 9.10. The minimum Gasteiger partial charge on any atom is -0.475 e. The molecule has 7 heteroatoms. The molecule has 0 aliphatic heterocycles. The molecular weight excluding hydrogens is 334 g/mol. The fourth-order valence-corrected chi connectivity index (χ4v) is 2.25. The van der Waals surface area contributed by atoms with Gasteiger partial charge in [0, 0.05) is 10.4 Å². The van der Waals surface area contributed by atoms with Crippen molar-refractivity contribution < 1.29 is 9.90 Å². The third-order valence-electron chi connectivity index (χ3n) is 2.91. The lowest BCUT2D eigenvalue weighted by atomic mass is 10.3. The Kier molecular flexibility index (Phi) is 3.06. The number of hydrogen-bond acceptors (Lipinski definition) is 3. The molecule has 0 bridgehead atoms. The Morgan fingerprint density at radius 1 is 1.47 bits per heavy atom. The second-order valence-corrected chi connectivity index (χ2v) is 5.64. The van der Waals surface area contributed by atoms with E-state index in [1.165, 1.54) is 0 Å². The van der Waals surface area contributed by atoms with Gasteiger partial charge in [-0.15, -0.1) is 5.10 Å². The molecule has 1 aromatic heterocycles. The Hall–Kier alpha value is -1.40. The van der Waals surface area contributed by atoms with Crippen LogP contribution in [0.3, 0.4) is 0 Å². The lowest BCUT2D eigenvalue weighted by Crippen LogP contribution is -2.03. The van der Waals surface area contributed by atoms with Gasteiger partial charge >= 0.3 is 5.97 Å². The van der Waals surface area contributed by atoms with Crippen LogP contribution in [0.15, 0.2) is 22.7 Å². The van der Waals surface area contributed by atoms with E-state index in [0.29, 0.717) is 16.8 Å². The zero-order chi connectivity index (χ0) is 13.6. The third-order valence-corrected chi connectivity index (χ3v) is 4.15. The number of nitrogens with zero attached hydrogens (tertiary/aromatic N) is 3. The van der Waals surface area contributed by atoms with Crippen LogP contribution in [0.25, 0.3) is 5.69 Å². The van der Waals surface area contributed by atoms with Gasteiger partial charge in [0.05, 0.1) is 10.7 Å². The Morgan fingerprint density at radius 3 is 2.79 bits per heavy atom. The molecule has 0 atom stereocenters. The van der Waals surface area contributed by atoms with E-state index in [1.807, 2.05) is 6.07 Å².